The lowest BCUT2D eigenvalue weighted by molar-refractivity contribution is 0.123. The number of para-hydroxylation sites is 2. The first-order chi connectivity index (χ1) is 14.3. The number of hydrogen-bond donors (Lipinski definition) is 2. The number of anilines is 4. The van der Waals surface area contributed by atoms with Gasteiger partial charge in [0.05, 0.1) is 24.6 Å². The summed E-state index contributed by atoms with van der Waals surface area (Å²) in [5.41, 5.74) is 3.23. The number of benzene rings is 2. The van der Waals surface area contributed by atoms with Gasteiger partial charge in [0.15, 0.2) is 5.82 Å². The zero-order valence-corrected chi connectivity index (χ0v) is 16.3. The monoisotopic (exact) mass is 387 g/mol. The van der Waals surface area contributed by atoms with Crippen molar-refractivity contribution >= 4 is 23.0 Å². The van der Waals surface area contributed by atoms with Crippen LogP contribution in [0.2, 0.25) is 0 Å². The maximum Gasteiger partial charge on any atom is 0.163 e. The Morgan fingerprint density at radius 1 is 0.862 bits per heavy atom. The second-order valence-electron chi connectivity index (χ2n) is 7.49. The van der Waals surface area contributed by atoms with Gasteiger partial charge in [0.1, 0.15) is 11.6 Å². The van der Waals surface area contributed by atoms with Crippen LogP contribution in [0.25, 0.3) is 11.4 Å². The summed E-state index contributed by atoms with van der Waals surface area (Å²) in [5, 5.41) is 7.05. The van der Waals surface area contributed by atoms with Crippen molar-refractivity contribution in [1.82, 2.24) is 9.97 Å². The van der Waals surface area contributed by atoms with E-state index in [1.54, 1.807) is 0 Å². The fourth-order valence-corrected chi connectivity index (χ4v) is 3.54. The molecular formula is C23H25N5O. The summed E-state index contributed by atoms with van der Waals surface area (Å²) in [5.74, 6) is 2.39. The van der Waals surface area contributed by atoms with Crippen LogP contribution < -0.4 is 15.5 Å². The minimum absolute atomic E-state index is 0.530. The Labute approximate surface area is 171 Å². The molecule has 0 amide bonds. The average molecular weight is 387 g/mol. The fourth-order valence-electron chi connectivity index (χ4n) is 3.54. The molecule has 1 saturated carbocycles. The molecule has 2 aliphatic rings. The molecule has 3 aromatic rings. The van der Waals surface area contributed by atoms with Crippen LogP contribution >= 0.6 is 0 Å². The number of rotatable bonds is 6. The number of aromatic nitrogens is 2. The first-order valence-corrected chi connectivity index (χ1v) is 10.2. The summed E-state index contributed by atoms with van der Waals surface area (Å²) in [6.07, 6.45) is 2.40. The van der Waals surface area contributed by atoms with Crippen molar-refractivity contribution in [3.8, 4) is 11.4 Å². The van der Waals surface area contributed by atoms with Gasteiger partial charge in [-0.25, -0.2) is 9.97 Å². The fraction of sp³-hybridized carbons (Fsp3) is 0.304. The molecule has 6 nitrogen and oxygen atoms in total. The van der Waals surface area contributed by atoms with Crippen molar-refractivity contribution in [3.63, 3.8) is 0 Å². The lowest BCUT2D eigenvalue weighted by atomic mass is 10.2. The highest BCUT2D eigenvalue weighted by Crippen LogP contribution is 2.31. The molecule has 0 bridgehead atoms. The molecule has 2 fully saturated rings. The zero-order chi connectivity index (χ0) is 19.5. The maximum atomic E-state index is 5.51. The third kappa shape index (κ3) is 4.32. The van der Waals surface area contributed by atoms with E-state index < -0.39 is 0 Å². The molecule has 148 valence electrons. The minimum atomic E-state index is 0.530. The van der Waals surface area contributed by atoms with Gasteiger partial charge < -0.3 is 20.3 Å². The summed E-state index contributed by atoms with van der Waals surface area (Å²) in [6.45, 7) is 3.31. The van der Waals surface area contributed by atoms with Crippen LogP contribution in [0.15, 0.2) is 60.7 Å². The van der Waals surface area contributed by atoms with Crippen LogP contribution in [0.3, 0.4) is 0 Å². The van der Waals surface area contributed by atoms with Crippen molar-refractivity contribution in [2.24, 2.45) is 0 Å². The van der Waals surface area contributed by atoms with Crippen LogP contribution in [0.4, 0.5) is 23.0 Å². The van der Waals surface area contributed by atoms with E-state index in [4.69, 9.17) is 14.7 Å². The number of hydrogen-bond acceptors (Lipinski definition) is 6. The topological polar surface area (TPSA) is 62.3 Å². The van der Waals surface area contributed by atoms with Crippen molar-refractivity contribution in [2.75, 3.05) is 41.8 Å². The number of ether oxygens (including phenoxy) is 1. The first kappa shape index (κ1) is 17.9. The maximum absolute atomic E-state index is 5.51. The Hall–Kier alpha value is -3.12. The van der Waals surface area contributed by atoms with E-state index >= 15 is 0 Å². The molecule has 1 saturated heterocycles. The summed E-state index contributed by atoms with van der Waals surface area (Å²) < 4.78 is 5.51. The van der Waals surface area contributed by atoms with Gasteiger partial charge in [-0.15, -0.1) is 0 Å². The largest absolute Gasteiger partial charge is 0.378 e. The third-order valence-corrected chi connectivity index (χ3v) is 5.21. The predicted octanol–water partition coefficient (Wildman–Crippen LogP) is 4.30. The van der Waals surface area contributed by atoms with Gasteiger partial charge in [-0.3, -0.25) is 0 Å². The van der Waals surface area contributed by atoms with E-state index in [0.717, 1.165) is 55.0 Å². The van der Waals surface area contributed by atoms with E-state index in [2.05, 4.69) is 39.8 Å². The quantitative estimate of drug-likeness (QED) is 0.658. The van der Waals surface area contributed by atoms with Gasteiger partial charge in [0, 0.05) is 30.8 Å². The highest BCUT2D eigenvalue weighted by Gasteiger charge is 2.22. The van der Waals surface area contributed by atoms with Crippen molar-refractivity contribution in [2.45, 2.75) is 18.9 Å². The standard InChI is InChI=1S/C23H25N5O/c1-2-6-17(7-3-1)23-26-21(24-18-10-11-18)16-22(27-23)25-19-8-4-5-9-20(19)28-12-14-29-15-13-28/h1-9,16,18H,10-15H2,(H2,24,25,26,27). The minimum Gasteiger partial charge on any atom is -0.378 e. The molecule has 6 heteroatoms. The summed E-state index contributed by atoms with van der Waals surface area (Å²) in [4.78, 5) is 11.9. The Morgan fingerprint density at radius 3 is 2.38 bits per heavy atom. The number of nitrogens with one attached hydrogen (secondary N) is 2. The molecule has 0 unspecified atom stereocenters. The van der Waals surface area contributed by atoms with Crippen LogP contribution in [0.1, 0.15) is 12.8 Å². The van der Waals surface area contributed by atoms with E-state index in [-0.39, 0.29) is 0 Å². The molecule has 5 rings (SSSR count). The van der Waals surface area contributed by atoms with Gasteiger partial charge >= 0.3 is 0 Å². The smallest absolute Gasteiger partial charge is 0.163 e. The number of nitrogens with zero attached hydrogens (tertiary/aromatic N) is 3. The van der Waals surface area contributed by atoms with E-state index in [1.807, 2.05) is 36.4 Å². The Balaban J connectivity index is 1.48. The molecule has 1 aliphatic carbocycles. The van der Waals surface area contributed by atoms with Crippen LogP contribution in [-0.2, 0) is 4.74 Å². The Bertz CT molecular complexity index is 968. The second kappa shape index (κ2) is 8.09. The van der Waals surface area contributed by atoms with E-state index in [1.165, 1.54) is 18.5 Å². The van der Waals surface area contributed by atoms with Crippen molar-refractivity contribution in [3.05, 3.63) is 60.7 Å². The van der Waals surface area contributed by atoms with E-state index in [9.17, 15) is 0 Å². The van der Waals surface area contributed by atoms with Gasteiger partial charge in [-0.05, 0) is 25.0 Å². The third-order valence-electron chi connectivity index (χ3n) is 5.21. The number of morpholine rings is 1. The van der Waals surface area contributed by atoms with Crippen molar-refractivity contribution < 1.29 is 4.74 Å². The van der Waals surface area contributed by atoms with Gasteiger partial charge in [0.25, 0.3) is 0 Å². The highest BCUT2D eigenvalue weighted by atomic mass is 16.5. The molecule has 0 atom stereocenters. The lowest BCUT2D eigenvalue weighted by Crippen LogP contribution is -2.36. The van der Waals surface area contributed by atoms with E-state index in [0.29, 0.717) is 6.04 Å². The molecular weight excluding hydrogens is 362 g/mol. The Morgan fingerprint density at radius 2 is 1.59 bits per heavy atom. The normalized spacial score (nSPS) is 16.5. The molecule has 2 aromatic carbocycles. The Kier molecular flexibility index (Phi) is 5.01. The highest BCUT2D eigenvalue weighted by molar-refractivity contribution is 5.75. The second-order valence-corrected chi connectivity index (χ2v) is 7.49. The van der Waals surface area contributed by atoms with Crippen LogP contribution in [-0.4, -0.2) is 42.3 Å². The molecule has 1 aromatic heterocycles. The van der Waals surface area contributed by atoms with Crippen LogP contribution in [0.5, 0.6) is 0 Å². The molecule has 1 aliphatic heterocycles. The first-order valence-electron chi connectivity index (χ1n) is 10.2. The summed E-state index contributed by atoms with van der Waals surface area (Å²) in [6, 6.07) is 21.0. The molecule has 0 radical (unpaired) electrons. The molecule has 29 heavy (non-hydrogen) atoms. The van der Waals surface area contributed by atoms with Crippen molar-refractivity contribution in [1.29, 1.82) is 0 Å². The zero-order valence-electron chi connectivity index (χ0n) is 16.3. The molecule has 2 N–H and O–H groups in total. The average Bonchev–Trinajstić information content (AvgIpc) is 3.59. The predicted molar refractivity (Wildman–Crippen MR) is 117 cm³/mol. The summed E-state index contributed by atoms with van der Waals surface area (Å²) >= 11 is 0. The van der Waals surface area contributed by atoms with Gasteiger partial charge in [0.2, 0.25) is 0 Å². The summed E-state index contributed by atoms with van der Waals surface area (Å²) in [7, 11) is 0. The van der Waals surface area contributed by atoms with Crippen LogP contribution in [0, 0.1) is 0 Å². The lowest BCUT2D eigenvalue weighted by Gasteiger charge is -2.30. The molecule has 0 spiro atoms. The van der Waals surface area contributed by atoms with Gasteiger partial charge in [-0.2, -0.15) is 0 Å². The molecule has 2 heterocycles. The SMILES string of the molecule is c1ccc(-c2nc(Nc3ccccc3N3CCOCC3)cc(NC3CC3)n2)cc1. The van der Waals surface area contributed by atoms with Gasteiger partial charge in [-0.1, -0.05) is 42.5 Å².